The van der Waals surface area contributed by atoms with E-state index in [9.17, 15) is 34.7 Å². The van der Waals surface area contributed by atoms with Gasteiger partial charge in [0, 0.05) is 5.69 Å². The van der Waals surface area contributed by atoms with Crippen molar-refractivity contribution in [3.05, 3.63) is 47.2 Å². The molecule has 0 bridgehead atoms. The normalized spacial score (nSPS) is 12.9. The van der Waals surface area contributed by atoms with Crippen molar-refractivity contribution in [1.82, 2.24) is 15.0 Å². The van der Waals surface area contributed by atoms with Crippen LogP contribution in [-0.2, 0) is 31.3 Å². The predicted octanol–water partition coefficient (Wildman–Crippen LogP) is 2.39. The number of hydrogen-bond acceptors (Lipinski definition) is 10. The SMILES string of the molecule is Cc1cc(Nc2nc(Cl)nc(Nc3cc(S(=O)O)ccc3S(=O)(=O)O)n2)ccc1S(=O)(=O)O. The zero-order chi connectivity index (χ0) is 24.6. The largest absolute Gasteiger partial charge is 0.324 e. The summed E-state index contributed by atoms with van der Waals surface area (Å²) < 4.78 is 85.2. The van der Waals surface area contributed by atoms with Crippen LogP contribution in [0.2, 0.25) is 5.28 Å². The molecule has 0 amide bonds. The molecule has 3 aromatic rings. The molecule has 2 aromatic carbocycles. The molecule has 0 saturated heterocycles. The van der Waals surface area contributed by atoms with E-state index in [1.54, 1.807) is 0 Å². The zero-order valence-corrected chi connectivity index (χ0v) is 19.5. The van der Waals surface area contributed by atoms with Gasteiger partial charge < -0.3 is 15.2 Å². The molecule has 0 aliphatic heterocycles. The summed E-state index contributed by atoms with van der Waals surface area (Å²) in [6, 6.07) is 6.84. The first-order chi connectivity index (χ1) is 15.2. The van der Waals surface area contributed by atoms with Gasteiger partial charge in [-0.15, -0.1) is 0 Å². The molecule has 3 rings (SSSR count). The number of benzene rings is 2. The Morgan fingerprint density at radius 2 is 1.45 bits per heavy atom. The lowest BCUT2D eigenvalue weighted by atomic mass is 10.2. The van der Waals surface area contributed by atoms with E-state index >= 15 is 0 Å². The van der Waals surface area contributed by atoms with Crippen molar-refractivity contribution in [3.63, 3.8) is 0 Å². The van der Waals surface area contributed by atoms with Crippen molar-refractivity contribution in [2.45, 2.75) is 21.6 Å². The minimum atomic E-state index is -4.72. The summed E-state index contributed by atoms with van der Waals surface area (Å²) in [5, 5.41) is 4.92. The monoisotopic (exact) mass is 535 g/mol. The molecule has 1 atom stereocenters. The molecule has 0 spiro atoms. The Balaban J connectivity index is 1.97. The highest BCUT2D eigenvalue weighted by atomic mass is 35.5. The van der Waals surface area contributed by atoms with Crippen LogP contribution in [0.15, 0.2) is 51.1 Å². The van der Waals surface area contributed by atoms with Gasteiger partial charge >= 0.3 is 0 Å². The Bertz CT molecular complexity index is 1480. The van der Waals surface area contributed by atoms with E-state index in [0.29, 0.717) is 5.69 Å². The lowest BCUT2D eigenvalue weighted by Gasteiger charge is -2.12. The Labute approximate surface area is 195 Å². The molecular weight excluding hydrogens is 522 g/mol. The van der Waals surface area contributed by atoms with Crippen LogP contribution in [0.4, 0.5) is 23.3 Å². The molecule has 0 aliphatic rings. The number of aromatic nitrogens is 3. The molecule has 1 aromatic heterocycles. The summed E-state index contributed by atoms with van der Waals surface area (Å²) in [5.74, 6) is -0.415. The van der Waals surface area contributed by atoms with E-state index in [4.69, 9.17) is 11.6 Å². The van der Waals surface area contributed by atoms with Crippen LogP contribution in [0.5, 0.6) is 0 Å². The molecule has 176 valence electrons. The summed E-state index contributed by atoms with van der Waals surface area (Å²) in [6.45, 7) is 1.45. The smallest absolute Gasteiger partial charge is 0.296 e. The fourth-order valence-electron chi connectivity index (χ4n) is 2.67. The van der Waals surface area contributed by atoms with Crippen LogP contribution in [-0.4, -0.2) is 49.7 Å². The number of aryl methyl sites for hydroxylation is 1. The van der Waals surface area contributed by atoms with Gasteiger partial charge in [0.1, 0.15) is 4.90 Å². The lowest BCUT2D eigenvalue weighted by Crippen LogP contribution is -2.08. The Morgan fingerprint density at radius 1 is 0.879 bits per heavy atom. The van der Waals surface area contributed by atoms with Crippen molar-refractivity contribution >= 4 is 66.2 Å². The molecule has 33 heavy (non-hydrogen) atoms. The summed E-state index contributed by atoms with van der Waals surface area (Å²) in [7, 11) is -9.12. The van der Waals surface area contributed by atoms with Crippen LogP contribution in [0.25, 0.3) is 0 Å². The van der Waals surface area contributed by atoms with Crippen LogP contribution in [0, 0.1) is 6.92 Å². The van der Waals surface area contributed by atoms with Gasteiger partial charge in [-0.3, -0.25) is 9.11 Å². The molecular formula is C16H14ClN5O8S3. The number of nitrogens with one attached hydrogen (secondary N) is 2. The maximum absolute atomic E-state index is 11.7. The van der Waals surface area contributed by atoms with E-state index in [1.165, 1.54) is 19.1 Å². The van der Waals surface area contributed by atoms with Crippen LogP contribution < -0.4 is 10.6 Å². The van der Waals surface area contributed by atoms with E-state index in [2.05, 4.69) is 25.6 Å². The number of rotatable bonds is 7. The van der Waals surface area contributed by atoms with Crippen molar-refractivity contribution in [2.24, 2.45) is 0 Å². The van der Waals surface area contributed by atoms with Gasteiger partial charge in [-0.25, -0.2) is 4.21 Å². The Hall–Kier alpha value is -2.73. The number of anilines is 4. The standard InChI is InChI=1S/C16H14ClN5O8S3/c1-8-6-9(2-4-12(8)32(25,26)27)18-15-20-14(17)21-16(22-15)19-11-7-10(31(23)24)3-5-13(11)33(28,29)30/h2-7H,1H3,(H,23,24)(H,25,26,27)(H,28,29,30)(H2,18,19,20,21,22). The van der Waals surface area contributed by atoms with E-state index in [1.807, 2.05) is 0 Å². The first kappa shape index (κ1) is 24.9. The lowest BCUT2D eigenvalue weighted by molar-refractivity contribution is 0.480. The van der Waals surface area contributed by atoms with E-state index in [0.717, 1.165) is 24.3 Å². The topological polar surface area (TPSA) is 209 Å². The van der Waals surface area contributed by atoms with Crippen molar-refractivity contribution in [1.29, 1.82) is 0 Å². The average molecular weight is 536 g/mol. The molecule has 17 heteroatoms. The third-order valence-corrected chi connectivity index (χ3v) is 6.75. The highest BCUT2D eigenvalue weighted by Crippen LogP contribution is 2.27. The van der Waals surface area contributed by atoms with E-state index in [-0.39, 0.29) is 38.2 Å². The average Bonchev–Trinajstić information content (AvgIpc) is 2.65. The minimum Gasteiger partial charge on any atom is -0.324 e. The summed E-state index contributed by atoms with van der Waals surface area (Å²) in [4.78, 5) is 10.6. The van der Waals surface area contributed by atoms with Crippen LogP contribution >= 0.6 is 11.6 Å². The second-order valence-electron chi connectivity index (χ2n) is 6.34. The van der Waals surface area contributed by atoms with Gasteiger partial charge in [0.25, 0.3) is 20.2 Å². The van der Waals surface area contributed by atoms with E-state index < -0.39 is 36.2 Å². The molecule has 1 heterocycles. The van der Waals surface area contributed by atoms with Crippen LogP contribution in [0.3, 0.4) is 0 Å². The molecule has 0 saturated carbocycles. The van der Waals surface area contributed by atoms with Gasteiger partial charge in [0.15, 0.2) is 11.1 Å². The van der Waals surface area contributed by atoms with Gasteiger partial charge in [-0.05, 0) is 60.5 Å². The Kier molecular flexibility index (Phi) is 6.99. The first-order valence-corrected chi connectivity index (χ1v) is 12.9. The molecule has 0 fully saturated rings. The highest BCUT2D eigenvalue weighted by Gasteiger charge is 2.19. The summed E-state index contributed by atoms with van der Waals surface area (Å²) >= 11 is 3.45. The second-order valence-corrected chi connectivity index (χ2v) is 10.4. The summed E-state index contributed by atoms with van der Waals surface area (Å²) in [6.07, 6.45) is 0. The third-order valence-electron chi connectivity index (χ3n) is 3.99. The van der Waals surface area contributed by atoms with Crippen LogP contribution in [0.1, 0.15) is 5.56 Å². The molecule has 1 unspecified atom stereocenters. The third kappa shape index (κ3) is 6.20. The number of nitrogens with zero attached hydrogens (tertiary/aromatic N) is 3. The highest BCUT2D eigenvalue weighted by molar-refractivity contribution is 7.86. The molecule has 13 nitrogen and oxygen atoms in total. The van der Waals surface area contributed by atoms with Gasteiger partial charge in [0.05, 0.1) is 15.5 Å². The quantitative estimate of drug-likeness (QED) is 0.217. The fraction of sp³-hybridized carbons (Fsp3) is 0.0625. The number of hydrogen-bond donors (Lipinski definition) is 5. The van der Waals surface area contributed by atoms with Crippen molar-refractivity contribution in [3.8, 4) is 0 Å². The van der Waals surface area contributed by atoms with Gasteiger partial charge in [0.2, 0.25) is 17.2 Å². The molecule has 0 radical (unpaired) electrons. The molecule has 5 N–H and O–H groups in total. The van der Waals surface area contributed by atoms with Gasteiger partial charge in [-0.1, -0.05) is 0 Å². The van der Waals surface area contributed by atoms with Crippen molar-refractivity contribution < 1.29 is 34.7 Å². The van der Waals surface area contributed by atoms with Gasteiger partial charge in [-0.2, -0.15) is 31.8 Å². The fourth-order valence-corrected chi connectivity index (χ4v) is 4.57. The second kappa shape index (κ2) is 9.26. The van der Waals surface area contributed by atoms with Crippen molar-refractivity contribution in [2.75, 3.05) is 10.6 Å². The minimum absolute atomic E-state index is 0.133. The number of halogens is 1. The summed E-state index contributed by atoms with van der Waals surface area (Å²) in [5.41, 5.74) is 0.246. The maximum atomic E-state index is 11.7. The maximum Gasteiger partial charge on any atom is 0.296 e. The Morgan fingerprint density at radius 3 is 2.00 bits per heavy atom. The predicted molar refractivity (Wildman–Crippen MR) is 118 cm³/mol. The first-order valence-electron chi connectivity index (χ1n) is 8.50. The zero-order valence-electron chi connectivity index (χ0n) is 16.3. The molecule has 0 aliphatic carbocycles.